The van der Waals surface area contributed by atoms with Gasteiger partial charge in [-0.2, -0.15) is 5.10 Å². The van der Waals surface area contributed by atoms with Gasteiger partial charge in [0.05, 0.1) is 17.6 Å². The van der Waals surface area contributed by atoms with E-state index in [0.717, 1.165) is 30.9 Å². The minimum atomic E-state index is -0.736. The predicted octanol–water partition coefficient (Wildman–Crippen LogP) is 2.77. The number of aromatic nitrogens is 2. The van der Waals surface area contributed by atoms with Crippen molar-refractivity contribution >= 4 is 11.5 Å². The summed E-state index contributed by atoms with van der Waals surface area (Å²) in [6, 6.07) is 7.70. The van der Waals surface area contributed by atoms with Crippen molar-refractivity contribution in [2.45, 2.75) is 33.6 Å². The average molecular weight is 341 g/mol. The van der Waals surface area contributed by atoms with Crippen LogP contribution >= 0.6 is 0 Å². The lowest BCUT2D eigenvalue weighted by Gasteiger charge is -2.40. The van der Waals surface area contributed by atoms with Crippen molar-refractivity contribution in [2.24, 2.45) is 5.41 Å². The Morgan fingerprint density at radius 3 is 2.56 bits per heavy atom. The Kier molecular flexibility index (Phi) is 4.37. The van der Waals surface area contributed by atoms with Crippen molar-refractivity contribution in [3.63, 3.8) is 0 Å². The largest absolute Gasteiger partial charge is 0.503 e. The van der Waals surface area contributed by atoms with Crippen molar-refractivity contribution in [2.75, 3.05) is 18.0 Å². The van der Waals surface area contributed by atoms with E-state index >= 15 is 0 Å². The highest BCUT2D eigenvalue weighted by Gasteiger charge is 2.28. The van der Waals surface area contributed by atoms with Gasteiger partial charge in [-0.3, -0.25) is 9.59 Å². The number of Topliss-reactive ketones (excluding diaryl/α,β-unsaturated/α-hetero) is 1. The summed E-state index contributed by atoms with van der Waals surface area (Å²) in [7, 11) is 0. The van der Waals surface area contributed by atoms with Crippen LogP contribution in [-0.4, -0.2) is 33.8 Å². The number of ketones is 1. The molecule has 1 aliphatic rings. The summed E-state index contributed by atoms with van der Waals surface area (Å²) < 4.78 is 1.42. The number of rotatable bonds is 3. The maximum absolute atomic E-state index is 11.9. The fourth-order valence-corrected chi connectivity index (χ4v) is 3.39. The molecule has 0 amide bonds. The lowest BCUT2D eigenvalue weighted by Crippen LogP contribution is -2.40. The van der Waals surface area contributed by atoms with Crippen LogP contribution in [0.2, 0.25) is 0 Å². The first-order chi connectivity index (χ1) is 11.8. The van der Waals surface area contributed by atoms with Gasteiger partial charge in [0.25, 0.3) is 5.43 Å². The molecule has 0 saturated carbocycles. The van der Waals surface area contributed by atoms with Gasteiger partial charge in [-0.15, -0.1) is 0 Å². The number of piperidine rings is 1. The number of para-hydroxylation sites is 2. The van der Waals surface area contributed by atoms with Crippen molar-refractivity contribution in [1.82, 2.24) is 9.78 Å². The van der Waals surface area contributed by atoms with Crippen molar-refractivity contribution in [3.8, 4) is 11.4 Å². The Hall–Kier alpha value is -2.63. The molecule has 1 N–H and O–H groups in total. The molecule has 1 aromatic heterocycles. The number of hydrogen-bond donors (Lipinski definition) is 1. The van der Waals surface area contributed by atoms with Crippen LogP contribution in [0.25, 0.3) is 5.69 Å². The predicted molar refractivity (Wildman–Crippen MR) is 96.7 cm³/mol. The first-order valence-electron chi connectivity index (χ1n) is 8.47. The number of carbonyl (C=O) groups excluding carboxylic acids is 1. The second-order valence-electron chi connectivity index (χ2n) is 7.37. The van der Waals surface area contributed by atoms with Gasteiger partial charge in [-0.1, -0.05) is 26.0 Å². The topological polar surface area (TPSA) is 75.4 Å². The highest BCUT2D eigenvalue weighted by molar-refractivity contribution is 5.92. The van der Waals surface area contributed by atoms with E-state index in [1.54, 1.807) is 0 Å². The molecule has 1 saturated heterocycles. The third kappa shape index (κ3) is 3.43. The second-order valence-corrected chi connectivity index (χ2v) is 7.37. The van der Waals surface area contributed by atoms with Crippen LogP contribution < -0.4 is 10.3 Å². The summed E-state index contributed by atoms with van der Waals surface area (Å²) >= 11 is 0. The molecule has 25 heavy (non-hydrogen) atoms. The molecule has 0 bridgehead atoms. The molecule has 6 nitrogen and oxygen atoms in total. The van der Waals surface area contributed by atoms with Gasteiger partial charge < -0.3 is 10.0 Å². The molecular weight excluding hydrogens is 318 g/mol. The van der Waals surface area contributed by atoms with Gasteiger partial charge in [0, 0.05) is 20.0 Å². The van der Waals surface area contributed by atoms with Crippen LogP contribution in [0.5, 0.6) is 5.75 Å². The summed E-state index contributed by atoms with van der Waals surface area (Å²) in [6.07, 6.45) is 3.54. The minimum Gasteiger partial charge on any atom is -0.503 e. The monoisotopic (exact) mass is 341 g/mol. The number of aromatic hydroxyl groups is 1. The molecule has 1 aromatic carbocycles. The SMILES string of the molecule is CC(=O)c1nn(-c2ccccc2N2CCCC(C)(C)C2)cc(O)c1=O. The summed E-state index contributed by atoms with van der Waals surface area (Å²) in [6.45, 7) is 7.62. The molecule has 6 heteroatoms. The average Bonchev–Trinajstić information content (AvgIpc) is 2.56. The molecule has 0 spiro atoms. The fraction of sp³-hybridized carbons (Fsp3) is 0.421. The zero-order valence-corrected chi connectivity index (χ0v) is 14.8. The normalized spacial score (nSPS) is 16.7. The zero-order valence-electron chi connectivity index (χ0n) is 14.8. The van der Waals surface area contributed by atoms with Gasteiger partial charge in [0.15, 0.2) is 17.2 Å². The van der Waals surface area contributed by atoms with E-state index in [1.807, 2.05) is 24.3 Å². The van der Waals surface area contributed by atoms with E-state index in [1.165, 1.54) is 24.2 Å². The van der Waals surface area contributed by atoms with E-state index in [0.29, 0.717) is 0 Å². The summed E-state index contributed by atoms with van der Waals surface area (Å²) in [5.41, 5.74) is 0.933. The van der Waals surface area contributed by atoms with Gasteiger partial charge in [0.2, 0.25) is 0 Å². The fourth-order valence-electron chi connectivity index (χ4n) is 3.39. The second kappa shape index (κ2) is 6.35. The zero-order chi connectivity index (χ0) is 18.2. The third-order valence-electron chi connectivity index (χ3n) is 4.60. The Balaban J connectivity index is 2.11. The highest BCUT2D eigenvalue weighted by atomic mass is 16.3. The summed E-state index contributed by atoms with van der Waals surface area (Å²) in [5.74, 6) is -0.944. The van der Waals surface area contributed by atoms with Gasteiger partial charge in [-0.25, -0.2) is 4.68 Å². The maximum atomic E-state index is 11.9. The van der Waals surface area contributed by atoms with Crippen LogP contribution in [0.1, 0.15) is 44.1 Å². The van der Waals surface area contributed by atoms with Gasteiger partial charge in [0.1, 0.15) is 0 Å². The third-order valence-corrected chi connectivity index (χ3v) is 4.60. The molecule has 2 heterocycles. The number of anilines is 1. The molecule has 1 fully saturated rings. The molecule has 2 aromatic rings. The van der Waals surface area contributed by atoms with Crippen molar-refractivity contribution in [1.29, 1.82) is 0 Å². The summed E-state index contributed by atoms with van der Waals surface area (Å²) in [4.78, 5) is 25.9. The van der Waals surface area contributed by atoms with Crippen LogP contribution in [0.3, 0.4) is 0 Å². The molecule has 132 valence electrons. The first-order valence-corrected chi connectivity index (χ1v) is 8.47. The van der Waals surface area contributed by atoms with E-state index in [-0.39, 0.29) is 11.1 Å². The van der Waals surface area contributed by atoms with Crippen LogP contribution in [-0.2, 0) is 0 Å². The van der Waals surface area contributed by atoms with Crippen LogP contribution in [0.4, 0.5) is 5.69 Å². The quantitative estimate of drug-likeness (QED) is 0.869. The molecule has 0 atom stereocenters. The summed E-state index contributed by atoms with van der Waals surface area (Å²) in [5, 5.41) is 14.1. The van der Waals surface area contributed by atoms with Gasteiger partial charge >= 0.3 is 0 Å². The molecule has 1 aliphatic heterocycles. The highest BCUT2D eigenvalue weighted by Crippen LogP contribution is 2.34. The van der Waals surface area contributed by atoms with E-state index in [2.05, 4.69) is 23.8 Å². The standard InChI is InChI=1S/C19H23N3O3/c1-13(23)17-18(25)16(24)11-22(20-17)15-8-5-4-7-14(15)21-10-6-9-19(2,3)12-21/h4-5,7-8,11,24H,6,9-10,12H2,1-3H3. The number of nitrogens with zero attached hydrogens (tertiary/aromatic N) is 3. The van der Waals surface area contributed by atoms with Crippen molar-refractivity contribution < 1.29 is 9.90 Å². The lowest BCUT2D eigenvalue weighted by molar-refractivity contribution is 0.100. The Morgan fingerprint density at radius 1 is 1.24 bits per heavy atom. The van der Waals surface area contributed by atoms with Crippen molar-refractivity contribution in [3.05, 3.63) is 46.4 Å². The number of benzene rings is 1. The molecular formula is C19H23N3O3. The Labute approximate surface area is 146 Å². The Morgan fingerprint density at radius 2 is 1.92 bits per heavy atom. The van der Waals surface area contributed by atoms with E-state index in [9.17, 15) is 14.7 Å². The molecule has 0 radical (unpaired) electrons. The first kappa shape index (κ1) is 17.2. The van der Waals surface area contributed by atoms with Gasteiger partial charge in [-0.05, 0) is 30.4 Å². The number of carbonyl (C=O) groups is 1. The number of hydrogen-bond acceptors (Lipinski definition) is 5. The molecule has 3 rings (SSSR count). The maximum Gasteiger partial charge on any atom is 0.252 e. The Bertz CT molecular complexity index is 870. The molecule has 0 unspecified atom stereocenters. The minimum absolute atomic E-state index is 0.217. The van der Waals surface area contributed by atoms with E-state index in [4.69, 9.17) is 0 Å². The van der Waals surface area contributed by atoms with Crippen LogP contribution in [0.15, 0.2) is 35.3 Å². The molecule has 0 aliphatic carbocycles. The van der Waals surface area contributed by atoms with E-state index < -0.39 is 17.0 Å². The smallest absolute Gasteiger partial charge is 0.252 e. The van der Waals surface area contributed by atoms with Crippen LogP contribution in [0, 0.1) is 5.41 Å². The lowest BCUT2D eigenvalue weighted by atomic mass is 9.84.